The number of benzene rings is 2. The molecule has 0 amide bonds. The molecule has 0 unspecified atom stereocenters. The van der Waals surface area contributed by atoms with Crippen LogP contribution in [-0.4, -0.2) is 5.78 Å². The standard InChI is InChI=1S/C13H8INO/c14-10-6-7-4-5-11(15)8-2-1-3-9(12(7)8)13(10)16/h1-6H,15H2. The van der Waals surface area contributed by atoms with Crippen molar-refractivity contribution in [3.8, 4) is 0 Å². The molecule has 0 saturated carbocycles. The van der Waals surface area contributed by atoms with Crippen LogP contribution in [0.5, 0.6) is 0 Å². The van der Waals surface area contributed by atoms with Gasteiger partial charge in [0.1, 0.15) is 0 Å². The lowest BCUT2D eigenvalue weighted by Crippen LogP contribution is -2.05. The van der Waals surface area contributed by atoms with Gasteiger partial charge in [0.2, 0.25) is 0 Å². The molecule has 0 aromatic heterocycles. The number of hydrogen-bond donors (Lipinski definition) is 1. The largest absolute Gasteiger partial charge is 0.398 e. The number of carbonyl (C=O) groups is 1. The lowest BCUT2D eigenvalue weighted by Gasteiger charge is -2.14. The third-order valence-corrected chi connectivity index (χ3v) is 3.65. The molecular weight excluding hydrogens is 313 g/mol. The van der Waals surface area contributed by atoms with Crippen LogP contribution in [0.2, 0.25) is 0 Å². The number of nitrogen functional groups attached to an aromatic ring is 1. The van der Waals surface area contributed by atoms with Crippen LogP contribution >= 0.6 is 22.6 Å². The maximum absolute atomic E-state index is 12.0. The minimum Gasteiger partial charge on any atom is -0.398 e. The number of carbonyl (C=O) groups excluding carboxylic acids is 1. The summed E-state index contributed by atoms with van der Waals surface area (Å²) < 4.78 is 0.752. The maximum Gasteiger partial charge on any atom is 0.199 e. The van der Waals surface area contributed by atoms with Gasteiger partial charge in [-0.15, -0.1) is 0 Å². The van der Waals surface area contributed by atoms with E-state index in [-0.39, 0.29) is 5.78 Å². The van der Waals surface area contributed by atoms with Crippen LogP contribution in [0.15, 0.2) is 33.9 Å². The van der Waals surface area contributed by atoms with Crippen molar-refractivity contribution in [1.29, 1.82) is 0 Å². The zero-order valence-electron chi connectivity index (χ0n) is 8.33. The maximum atomic E-state index is 12.0. The molecule has 2 aromatic rings. The minimum atomic E-state index is 0.0873. The van der Waals surface area contributed by atoms with Gasteiger partial charge in [-0.1, -0.05) is 24.3 Å². The second-order valence-electron chi connectivity index (χ2n) is 3.79. The highest BCUT2D eigenvalue weighted by atomic mass is 127. The van der Waals surface area contributed by atoms with Crippen LogP contribution in [-0.2, 0) is 0 Å². The summed E-state index contributed by atoms with van der Waals surface area (Å²) in [7, 11) is 0. The molecule has 2 aromatic carbocycles. The Bertz CT molecular complexity index is 658. The van der Waals surface area contributed by atoms with E-state index in [0.717, 1.165) is 31.2 Å². The zero-order chi connectivity index (χ0) is 11.3. The van der Waals surface area contributed by atoms with Gasteiger partial charge in [0.15, 0.2) is 5.78 Å². The first-order chi connectivity index (χ1) is 7.68. The molecule has 0 radical (unpaired) electrons. The van der Waals surface area contributed by atoms with Crippen LogP contribution in [0.4, 0.5) is 5.69 Å². The monoisotopic (exact) mass is 321 g/mol. The normalized spacial score (nSPS) is 14.1. The van der Waals surface area contributed by atoms with Gasteiger partial charge < -0.3 is 5.73 Å². The second kappa shape index (κ2) is 3.31. The highest BCUT2D eigenvalue weighted by Crippen LogP contribution is 2.35. The molecular formula is C13H8INO. The van der Waals surface area contributed by atoms with E-state index >= 15 is 0 Å². The second-order valence-corrected chi connectivity index (χ2v) is 4.96. The Morgan fingerprint density at radius 1 is 1.12 bits per heavy atom. The smallest absolute Gasteiger partial charge is 0.199 e. The summed E-state index contributed by atoms with van der Waals surface area (Å²) in [6, 6.07) is 9.55. The van der Waals surface area contributed by atoms with Crippen molar-refractivity contribution in [2.45, 2.75) is 0 Å². The van der Waals surface area contributed by atoms with Crippen LogP contribution in [0.3, 0.4) is 0 Å². The van der Waals surface area contributed by atoms with Crippen molar-refractivity contribution in [3.63, 3.8) is 0 Å². The molecule has 0 fully saturated rings. The van der Waals surface area contributed by atoms with Gasteiger partial charge in [-0.3, -0.25) is 4.79 Å². The first kappa shape index (κ1) is 9.84. The van der Waals surface area contributed by atoms with E-state index in [9.17, 15) is 4.79 Å². The molecule has 0 aliphatic heterocycles. The quantitative estimate of drug-likeness (QED) is 0.597. The fourth-order valence-corrected chi connectivity index (χ4v) is 2.72. The number of nitrogens with two attached hydrogens (primary N) is 1. The van der Waals surface area contributed by atoms with Crippen molar-refractivity contribution >= 4 is 50.9 Å². The average Bonchev–Trinajstić information content (AvgIpc) is 2.30. The van der Waals surface area contributed by atoms with E-state index in [1.54, 1.807) is 0 Å². The Morgan fingerprint density at radius 3 is 2.75 bits per heavy atom. The van der Waals surface area contributed by atoms with E-state index in [1.807, 2.05) is 36.4 Å². The number of hydrogen-bond acceptors (Lipinski definition) is 2. The third-order valence-electron chi connectivity index (χ3n) is 2.85. The molecule has 78 valence electrons. The number of ketones is 1. The molecule has 1 aliphatic rings. The Kier molecular flexibility index (Phi) is 2.04. The van der Waals surface area contributed by atoms with E-state index in [1.165, 1.54) is 0 Å². The van der Waals surface area contributed by atoms with Crippen LogP contribution in [0, 0.1) is 0 Å². The average molecular weight is 321 g/mol. The Balaban J connectivity index is 2.56. The lowest BCUT2D eigenvalue weighted by molar-refractivity contribution is 0.104. The summed E-state index contributed by atoms with van der Waals surface area (Å²) in [6.07, 6.45) is 1.91. The molecule has 0 bridgehead atoms. The fourth-order valence-electron chi connectivity index (χ4n) is 2.10. The molecule has 0 atom stereocenters. The van der Waals surface area contributed by atoms with E-state index < -0.39 is 0 Å². The van der Waals surface area contributed by atoms with Gasteiger partial charge in [-0.25, -0.2) is 0 Å². The summed E-state index contributed by atoms with van der Waals surface area (Å²) >= 11 is 2.08. The van der Waals surface area contributed by atoms with Crippen LogP contribution < -0.4 is 5.73 Å². The number of Topliss-reactive ketones (excluding diaryl/α,β-unsaturated/α-hetero) is 1. The SMILES string of the molecule is Nc1ccc2c3c(cccc13)C(=O)C(I)=C2. The van der Waals surface area contributed by atoms with Gasteiger partial charge in [-0.05, 0) is 40.3 Å². The summed E-state index contributed by atoms with van der Waals surface area (Å²) in [6.45, 7) is 0. The molecule has 0 heterocycles. The zero-order valence-corrected chi connectivity index (χ0v) is 10.5. The van der Waals surface area contributed by atoms with Crippen molar-refractivity contribution in [1.82, 2.24) is 0 Å². The van der Waals surface area contributed by atoms with Gasteiger partial charge in [-0.2, -0.15) is 0 Å². The predicted octanol–water partition coefficient (Wildman–Crippen LogP) is 3.39. The molecule has 3 heteroatoms. The topological polar surface area (TPSA) is 43.1 Å². The summed E-state index contributed by atoms with van der Waals surface area (Å²) in [5.74, 6) is 0.0873. The number of rotatable bonds is 0. The molecule has 16 heavy (non-hydrogen) atoms. The van der Waals surface area contributed by atoms with Crippen LogP contribution in [0.25, 0.3) is 16.8 Å². The summed E-state index contributed by atoms with van der Waals surface area (Å²) in [5.41, 5.74) is 8.47. The third kappa shape index (κ3) is 1.21. The van der Waals surface area contributed by atoms with Gasteiger partial charge in [0.05, 0.1) is 3.58 Å². The first-order valence-corrected chi connectivity index (χ1v) is 5.99. The highest BCUT2D eigenvalue weighted by molar-refractivity contribution is 14.1. The van der Waals surface area contributed by atoms with Crippen molar-refractivity contribution in [3.05, 3.63) is 45.0 Å². The Labute approximate surface area is 106 Å². The molecule has 0 saturated heterocycles. The molecule has 0 spiro atoms. The van der Waals surface area contributed by atoms with Gasteiger partial charge in [0, 0.05) is 22.0 Å². The number of halogens is 1. The van der Waals surface area contributed by atoms with E-state index in [0.29, 0.717) is 0 Å². The fraction of sp³-hybridized carbons (Fsp3) is 0. The first-order valence-electron chi connectivity index (χ1n) is 4.91. The predicted molar refractivity (Wildman–Crippen MR) is 74.7 cm³/mol. The van der Waals surface area contributed by atoms with Crippen molar-refractivity contribution in [2.75, 3.05) is 5.73 Å². The number of allylic oxidation sites excluding steroid dienone is 1. The molecule has 3 rings (SSSR count). The Hall–Kier alpha value is -1.36. The van der Waals surface area contributed by atoms with Crippen molar-refractivity contribution < 1.29 is 4.79 Å². The summed E-state index contributed by atoms with van der Waals surface area (Å²) in [4.78, 5) is 12.0. The molecule has 2 nitrogen and oxygen atoms in total. The van der Waals surface area contributed by atoms with E-state index in [2.05, 4.69) is 22.6 Å². The van der Waals surface area contributed by atoms with Gasteiger partial charge >= 0.3 is 0 Å². The Morgan fingerprint density at radius 2 is 1.94 bits per heavy atom. The molecule has 2 N–H and O–H groups in total. The van der Waals surface area contributed by atoms with Gasteiger partial charge in [0.25, 0.3) is 0 Å². The summed E-state index contributed by atoms with van der Waals surface area (Å²) in [5, 5.41) is 1.94. The van der Waals surface area contributed by atoms with Crippen molar-refractivity contribution in [2.24, 2.45) is 0 Å². The molecule has 1 aliphatic carbocycles. The minimum absolute atomic E-state index is 0.0873. The van der Waals surface area contributed by atoms with E-state index in [4.69, 9.17) is 5.73 Å². The lowest BCUT2D eigenvalue weighted by atomic mass is 9.92. The van der Waals surface area contributed by atoms with Crippen LogP contribution in [0.1, 0.15) is 15.9 Å². The number of anilines is 1. The highest BCUT2D eigenvalue weighted by Gasteiger charge is 2.20.